The van der Waals surface area contributed by atoms with E-state index < -0.39 is 23.5 Å². The maximum absolute atomic E-state index is 13.2. The average Bonchev–Trinajstić information content (AvgIpc) is 3.53. The predicted molar refractivity (Wildman–Crippen MR) is 128 cm³/mol. The lowest BCUT2D eigenvalue weighted by Crippen LogP contribution is -2.37. The van der Waals surface area contributed by atoms with E-state index in [9.17, 15) is 14.7 Å². The third-order valence-corrected chi connectivity index (χ3v) is 6.46. The van der Waals surface area contributed by atoms with E-state index in [1.54, 1.807) is 23.1 Å². The zero-order valence-corrected chi connectivity index (χ0v) is 19.6. The number of aliphatic hydroxyl groups excluding tert-OH is 1. The van der Waals surface area contributed by atoms with Crippen molar-refractivity contribution in [3.05, 3.63) is 77.0 Å². The van der Waals surface area contributed by atoms with Gasteiger partial charge >= 0.3 is 0 Å². The Labute approximate surface area is 195 Å². The smallest absolute Gasteiger partial charge is 0.290 e. The highest BCUT2D eigenvalue weighted by Gasteiger charge is 2.43. The van der Waals surface area contributed by atoms with Crippen LogP contribution in [0.2, 0.25) is 0 Å². The molecule has 1 aromatic heterocycles. The fourth-order valence-electron chi connectivity index (χ4n) is 4.54. The maximum atomic E-state index is 13.2. The summed E-state index contributed by atoms with van der Waals surface area (Å²) in [4.78, 5) is 30.2. The van der Waals surface area contributed by atoms with Gasteiger partial charge in [0.2, 0.25) is 0 Å². The SMILES string of the molecule is CC(C)(C)c1ccc(C2C(C(=O)/C=C/c3ccco3)=C(O)C(=O)N2CCN2CCCC2)cc1. The molecule has 1 fully saturated rings. The van der Waals surface area contributed by atoms with E-state index in [1.807, 2.05) is 24.3 Å². The van der Waals surface area contributed by atoms with Crippen LogP contribution in [0.1, 0.15) is 56.5 Å². The van der Waals surface area contributed by atoms with Crippen molar-refractivity contribution < 1.29 is 19.1 Å². The minimum absolute atomic E-state index is 0.0120. The zero-order valence-electron chi connectivity index (χ0n) is 19.6. The van der Waals surface area contributed by atoms with Gasteiger partial charge in [0.05, 0.1) is 17.9 Å². The number of hydrogen-bond donors (Lipinski definition) is 1. The first-order valence-corrected chi connectivity index (χ1v) is 11.6. The molecule has 1 unspecified atom stereocenters. The van der Waals surface area contributed by atoms with E-state index in [-0.39, 0.29) is 11.0 Å². The predicted octanol–water partition coefficient (Wildman–Crippen LogP) is 4.65. The van der Waals surface area contributed by atoms with Crippen molar-refractivity contribution in [1.82, 2.24) is 9.80 Å². The van der Waals surface area contributed by atoms with Crippen LogP contribution in [-0.2, 0) is 15.0 Å². The Morgan fingerprint density at radius 3 is 2.42 bits per heavy atom. The summed E-state index contributed by atoms with van der Waals surface area (Å²) in [6.45, 7) is 9.64. The molecule has 4 rings (SSSR count). The molecule has 2 aliphatic rings. The molecule has 6 heteroatoms. The van der Waals surface area contributed by atoms with Gasteiger partial charge in [-0.3, -0.25) is 9.59 Å². The minimum Gasteiger partial charge on any atom is -0.503 e. The molecular formula is C27H32N2O4. The van der Waals surface area contributed by atoms with Crippen LogP contribution in [0.25, 0.3) is 6.08 Å². The molecule has 0 aliphatic carbocycles. The maximum Gasteiger partial charge on any atom is 0.290 e. The van der Waals surface area contributed by atoms with Crippen LogP contribution in [0.4, 0.5) is 0 Å². The molecule has 1 atom stereocenters. The van der Waals surface area contributed by atoms with Crippen LogP contribution in [0.15, 0.2) is 64.5 Å². The summed E-state index contributed by atoms with van der Waals surface area (Å²) in [5, 5.41) is 10.8. The normalized spacial score (nSPS) is 19.9. The number of allylic oxidation sites excluding steroid dienone is 1. The van der Waals surface area contributed by atoms with Crippen molar-refractivity contribution in [2.24, 2.45) is 0 Å². The molecule has 1 N–H and O–H groups in total. The van der Waals surface area contributed by atoms with Gasteiger partial charge in [0, 0.05) is 13.1 Å². The van der Waals surface area contributed by atoms with Crippen LogP contribution < -0.4 is 0 Å². The van der Waals surface area contributed by atoms with E-state index in [0.717, 1.165) is 43.6 Å². The molecule has 1 aromatic carbocycles. The van der Waals surface area contributed by atoms with Crippen molar-refractivity contribution in [2.45, 2.75) is 45.1 Å². The van der Waals surface area contributed by atoms with Gasteiger partial charge < -0.3 is 19.3 Å². The number of amides is 1. The largest absolute Gasteiger partial charge is 0.503 e. The number of aliphatic hydroxyl groups is 1. The van der Waals surface area contributed by atoms with Crippen molar-refractivity contribution in [3.63, 3.8) is 0 Å². The molecule has 174 valence electrons. The van der Waals surface area contributed by atoms with Gasteiger partial charge in [-0.25, -0.2) is 0 Å². The fraction of sp³-hybridized carbons (Fsp3) is 0.407. The molecule has 6 nitrogen and oxygen atoms in total. The van der Waals surface area contributed by atoms with Gasteiger partial charge in [-0.15, -0.1) is 0 Å². The highest BCUT2D eigenvalue weighted by atomic mass is 16.3. The second-order valence-corrected chi connectivity index (χ2v) is 9.80. The summed E-state index contributed by atoms with van der Waals surface area (Å²) in [5.41, 5.74) is 2.09. The molecule has 3 heterocycles. The zero-order chi connectivity index (χ0) is 23.6. The molecule has 2 aromatic rings. The number of benzene rings is 1. The second kappa shape index (κ2) is 9.40. The summed E-state index contributed by atoms with van der Waals surface area (Å²) < 4.78 is 5.27. The minimum atomic E-state index is -0.622. The summed E-state index contributed by atoms with van der Waals surface area (Å²) in [6.07, 6.45) is 6.77. The lowest BCUT2D eigenvalue weighted by atomic mass is 9.85. The second-order valence-electron chi connectivity index (χ2n) is 9.80. The molecule has 0 bridgehead atoms. The lowest BCUT2D eigenvalue weighted by molar-refractivity contribution is -0.129. The van der Waals surface area contributed by atoms with Gasteiger partial charge in [0.25, 0.3) is 5.91 Å². The van der Waals surface area contributed by atoms with Crippen molar-refractivity contribution in [2.75, 3.05) is 26.2 Å². The number of furan rings is 1. The first-order valence-electron chi connectivity index (χ1n) is 11.6. The average molecular weight is 449 g/mol. The Morgan fingerprint density at radius 1 is 1.12 bits per heavy atom. The monoisotopic (exact) mass is 448 g/mol. The third kappa shape index (κ3) is 4.96. The number of carbonyl (C=O) groups is 2. The molecule has 1 saturated heterocycles. The van der Waals surface area contributed by atoms with Crippen LogP contribution in [0.3, 0.4) is 0 Å². The van der Waals surface area contributed by atoms with Gasteiger partial charge in [0.15, 0.2) is 11.5 Å². The van der Waals surface area contributed by atoms with Gasteiger partial charge in [-0.05, 0) is 66.8 Å². The topological polar surface area (TPSA) is 74.0 Å². The van der Waals surface area contributed by atoms with Gasteiger partial charge in [-0.1, -0.05) is 45.0 Å². The van der Waals surface area contributed by atoms with Crippen LogP contribution in [0.5, 0.6) is 0 Å². The Bertz CT molecular complexity index is 1050. The number of nitrogens with zero attached hydrogens (tertiary/aromatic N) is 2. The highest BCUT2D eigenvalue weighted by Crippen LogP contribution is 2.38. The van der Waals surface area contributed by atoms with Gasteiger partial charge in [0.1, 0.15) is 5.76 Å². The van der Waals surface area contributed by atoms with Crippen LogP contribution in [-0.4, -0.2) is 52.8 Å². The van der Waals surface area contributed by atoms with Crippen molar-refractivity contribution >= 4 is 17.8 Å². The number of carbonyl (C=O) groups excluding carboxylic acids is 2. The Hall–Kier alpha value is -3.12. The Kier molecular flexibility index (Phi) is 6.56. The van der Waals surface area contributed by atoms with Crippen molar-refractivity contribution in [1.29, 1.82) is 0 Å². The quantitative estimate of drug-likeness (QED) is 0.624. The Balaban J connectivity index is 1.65. The molecule has 33 heavy (non-hydrogen) atoms. The number of rotatable bonds is 7. The Morgan fingerprint density at radius 2 is 1.82 bits per heavy atom. The van der Waals surface area contributed by atoms with E-state index in [1.165, 1.54) is 12.3 Å². The van der Waals surface area contributed by atoms with Crippen LogP contribution >= 0.6 is 0 Å². The van der Waals surface area contributed by atoms with E-state index in [2.05, 4.69) is 25.7 Å². The molecule has 1 amide bonds. The molecule has 0 radical (unpaired) electrons. The number of ketones is 1. The fourth-order valence-corrected chi connectivity index (χ4v) is 4.54. The van der Waals surface area contributed by atoms with E-state index >= 15 is 0 Å². The first-order chi connectivity index (χ1) is 15.8. The highest BCUT2D eigenvalue weighted by molar-refractivity contribution is 6.14. The molecule has 0 spiro atoms. The molecular weight excluding hydrogens is 416 g/mol. The van der Waals surface area contributed by atoms with E-state index in [4.69, 9.17) is 4.42 Å². The standard InChI is InChI=1S/C27H32N2O4/c1-27(2,3)20-10-8-19(9-11-20)24-23(22(30)13-12-21-7-6-18-33-21)25(31)26(32)29(24)17-16-28-14-4-5-15-28/h6-13,18,24,31H,4-5,14-17H2,1-3H3/b13-12+. The first kappa shape index (κ1) is 23.1. The third-order valence-electron chi connectivity index (χ3n) is 6.46. The van der Waals surface area contributed by atoms with E-state index in [0.29, 0.717) is 12.3 Å². The van der Waals surface area contributed by atoms with Crippen LogP contribution in [0, 0.1) is 0 Å². The summed E-state index contributed by atoms with van der Waals surface area (Å²) >= 11 is 0. The molecule has 0 saturated carbocycles. The van der Waals surface area contributed by atoms with Crippen molar-refractivity contribution in [3.8, 4) is 0 Å². The lowest BCUT2D eigenvalue weighted by Gasteiger charge is -2.29. The number of hydrogen-bond acceptors (Lipinski definition) is 5. The van der Waals surface area contributed by atoms with Gasteiger partial charge in [-0.2, -0.15) is 0 Å². The molecule has 2 aliphatic heterocycles. The summed E-state index contributed by atoms with van der Waals surface area (Å²) in [6, 6.07) is 10.8. The number of likely N-dealkylation sites (tertiary alicyclic amines) is 1. The summed E-state index contributed by atoms with van der Waals surface area (Å²) in [7, 11) is 0. The summed E-state index contributed by atoms with van der Waals surface area (Å²) in [5.74, 6) is -0.820.